The third-order valence-electron chi connectivity index (χ3n) is 17.9. The number of nitrogens with zero attached hydrogens (tertiary/aromatic N) is 6. The molecule has 0 aliphatic carbocycles. The standard InChI is InChI=1S/C83H56N6/c1-53-47-65(83-85-81(59-23-11-5-12-24-59)84-82(86-83)60-25-13-6-14-26-60)48-54(2)80(53)89-78-51-63(57-31-39-66(40-32-57)87-74-29-17-15-27-68(74)70-43-35-61(49-76(70)87)55-19-7-3-8-20-55)37-45-72(78)73-46-38-64(52-79(73)89)58-33-41-67(42-34-58)88-75-30-18-16-28-69(75)71-44-36-62(50-77(71)88)56-21-9-4-10-22-56/h3-52H,1-2H3. The fourth-order valence-electron chi connectivity index (χ4n) is 13.7. The third-order valence-corrected chi connectivity index (χ3v) is 17.9. The van der Waals surface area contributed by atoms with Crippen LogP contribution >= 0.6 is 0 Å². The second kappa shape index (κ2) is 21.1. The van der Waals surface area contributed by atoms with E-state index in [9.17, 15) is 0 Å². The molecule has 0 saturated carbocycles. The molecule has 6 heteroatoms. The van der Waals surface area contributed by atoms with E-state index in [4.69, 9.17) is 15.0 Å². The number of rotatable bonds is 10. The minimum Gasteiger partial charge on any atom is -0.309 e. The van der Waals surface area contributed by atoms with Gasteiger partial charge in [-0.15, -0.1) is 0 Å². The Bertz CT molecular complexity index is 5250. The highest BCUT2D eigenvalue weighted by molar-refractivity contribution is 6.13. The Labute approximate surface area is 515 Å². The summed E-state index contributed by atoms with van der Waals surface area (Å²) in [7, 11) is 0. The molecule has 17 rings (SSSR count). The summed E-state index contributed by atoms with van der Waals surface area (Å²) in [5.41, 5.74) is 24.7. The van der Waals surface area contributed by atoms with E-state index in [0.29, 0.717) is 17.5 Å². The quantitative estimate of drug-likeness (QED) is 0.137. The highest BCUT2D eigenvalue weighted by Gasteiger charge is 2.22. The average molecular weight is 1140 g/mol. The van der Waals surface area contributed by atoms with Crippen LogP contribution in [0.25, 0.3) is 161 Å². The van der Waals surface area contributed by atoms with E-state index in [1.54, 1.807) is 0 Å². The van der Waals surface area contributed by atoms with Crippen LogP contribution < -0.4 is 0 Å². The predicted octanol–water partition coefficient (Wildman–Crippen LogP) is 21.4. The van der Waals surface area contributed by atoms with Crippen LogP contribution in [0.1, 0.15) is 11.1 Å². The maximum atomic E-state index is 5.17. The number of aromatic nitrogens is 6. The summed E-state index contributed by atoms with van der Waals surface area (Å²) in [6.07, 6.45) is 0. The monoisotopic (exact) mass is 1140 g/mol. The molecular formula is C83H56N6. The molecule has 0 saturated heterocycles. The minimum absolute atomic E-state index is 0.629. The molecule has 0 fully saturated rings. The largest absolute Gasteiger partial charge is 0.309 e. The van der Waals surface area contributed by atoms with E-state index in [1.807, 2.05) is 36.4 Å². The Morgan fingerprint density at radius 2 is 0.472 bits per heavy atom. The van der Waals surface area contributed by atoms with Gasteiger partial charge in [0, 0.05) is 60.4 Å². The van der Waals surface area contributed by atoms with Crippen molar-refractivity contribution in [2.45, 2.75) is 13.8 Å². The van der Waals surface area contributed by atoms with Crippen LogP contribution in [0.3, 0.4) is 0 Å². The van der Waals surface area contributed by atoms with E-state index in [1.165, 1.54) is 76.6 Å². The Morgan fingerprint density at radius 1 is 0.202 bits per heavy atom. The molecular weight excluding hydrogens is 1080 g/mol. The summed E-state index contributed by atoms with van der Waals surface area (Å²) < 4.78 is 7.32. The molecule has 0 aliphatic heterocycles. The smallest absolute Gasteiger partial charge is 0.164 e. The fourth-order valence-corrected chi connectivity index (χ4v) is 13.7. The van der Waals surface area contributed by atoms with Crippen LogP contribution in [0.4, 0.5) is 0 Å². The summed E-state index contributed by atoms with van der Waals surface area (Å²) >= 11 is 0. The van der Waals surface area contributed by atoms with E-state index < -0.39 is 0 Å². The van der Waals surface area contributed by atoms with Crippen LogP contribution in [-0.2, 0) is 0 Å². The highest BCUT2D eigenvalue weighted by atomic mass is 15.0. The van der Waals surface area contributed by atoms with Crippen molar-refractivity contribution in [1.29, 1.82) is 0 Å². The Balaban J connectivity index is 0.808. The van der Waals surface area contributed by atoms with E-state index >= 15 is 0 Å². The molecule has 4 aromatic heterocycles. The molecule has 4 heterocycles. The Hall–Kier alpha value is -11.7. The third kappa shape index (κ3) is 8.83. The second-order valence-corrected chi connectivity index (χ2v) is 23.3. The molecule has 89 heavy (non-hydrogen) atoms. The second-order valence-electron chi connectivity index (χ2n) is 23.3. The molecule has 0 N–H and O–H groups in total. The van der Waals surface area contributed by atoms with Crippen LogP contribution in [0.5, 0.6) is 0 Å². The molecule has 6 nitrogen and oxygen atoms in total. The van der Waals surface area contributed by atoms with Crippen molar-refractivity contribution in [3.8, 4) is 95.7 Å². The number of para-hydroxylation sites is 2. The van der Waals surface area contributed by atoms with Crippen molar-refractivity contribution < 1.29 is 0 Å². The van der Waals surface area contributed by atoms with Gasteiger partial charge in [-0.1, -0.05) is 231 Å². The first-order valence-corrected chi connectivity index (χ1v) is 30.4. The molecule has 0 radical (unpaired) electrons. The lowest BCUT2D eigenvalue weighted by atomic mass is 10.0. The first kappa shape index (κ1) is 51.7. The number of hydrogen-bond donors (Lipinski definition) is 0. The van der Waals surface area contributed by atoms with E-state index in [-0.39, 0.29) is 0 Å². The van der Waals surface area contributed by atoms with Gasteiger partial charge >= 0.3 is 0 Å². The summed E-state index contributed by atoms with van der Waals surface area (Å²) in [5.74, 6) is 1.90. The van der Waals surface area contributed by atoms with Gasteiger partial charge in [0.25, 0.3) is 0 Å². The Kier molecular flexibility index (Phi) is 12.2. The van der Waals surface area contributed by atoms with Crippen molar-refractivity contribution in [3.63, 3.8) is 0 Å². The van der Waals surface area contributed by atoms with Gasteiger partial charge in [-0.3, -0.25) is 0 Å². The molecule has 418 valence electrons. The van der Waals surface area contributed by atoms with Gasteiger partial charge in [-0.05, 0) is 142 Å². The number of benzene rings is 13. The first-order valence-electron chi connectivity index (χ1n) is 30.4. The number of hydrogen-bond acceptors (Lipinski definition) is 3. The number of aryl methyl sites for hydroxylation is 2. The maximum absolute atomic E-state index is 5.17. The molecule has 0 bridgehead atoms. The maximum Gasteiger partial charge on any atom is 0.164 e. The fraction of sp³-hybridized carbons (Fsp3) is 0.0241. The van der Waals surface area contributed by atoms with Crippen LogP contribution in [-0.4, -0.2) is 28.7 Å². The van der Waals surface area contributed by atoms with Crippen molar-refractivity contribution >= 4 is 65.4 Å². The Morgan fingerprint density at radius 3 is 0.831 bits per heavy atom. The average Bonchev–Trinajstić information content (AvgIpc) is 1.96. The molecule has 0 atom stereocenters. The first-order chi connectivity index (χ1) is 43.9. The molecule has 0 spiro atoms. The zero-order chi connectivity index (χ0) is 59.1. The van der Waals surface area contributed by atoms with Crippen LogP contribution in [0.2, 0.25) is 0 Å². The molecule has 13 aromatic carbocycles. The van der Waals surface area contributed by atoms with Gasteiger partial charge in [-0.2, -0.15) is 0 Å². The van der Waals surface area contributed by atoms with Crippen LogP contribution in [0, 0.1) is 13.8 Å². The van der Waals surface area contributed by atoms with Crippen molar-refractivity contribution in [2.75, 3.05) is 0 Å². The lowest BCUT2D eigenvalue weighted by Crippen LogP contribution is -2.04. The zero-order valence-corrected chi connectivity index (χ0v) is 49.1. The van der Waals surface area contributed by atoms with Gasteiger partial charge < -0.3 is 13.7 Å². The topological polar surface area (TPSA) is 53.5 Å². The van der Waals surface area contributed by atoms with E-state index in [0.717, 1.165) is 78.2 Å². The summed E-state index contributed by atoms with van der Waals surface area (Å²) in [6.45, 7) is 4.45. The predicted molar refractivity (Wildman–Crippen MR) is 370 cm³/mol. The minimum atomic E-state index is 0.629. The SMILES string of the molecule is Cc1cc(-c2nc(-c3ccccc3)nc(-c3ccccc3)n2)cc(C)c1-n1c2cc(-c3ccc(-n4c5ccccc5c5ccc(-c6ccccc6)cc54)cc3)ccc2c2ccc(-c3ccc(-n4c5ccccc5c5ccc(-c6ccccc6)cc54)cc3)cc21. The van der Waals surface area contributed by atoms with E-state index in [2.05, 4.69) is 294 Å². The number of fused-ring (bicyclic) bond motifs is 9. The van der Waals surface area contributed by atoms with Gasteiger partial charge in [0.05, 0.1) is 38.8 Å². The molecule has 17 aromatic rings. The van der Waals surface area contributed by atoms with Gasteiger partial charge in [0.1, 0.15) is 0 Å². The lowest BCUT2D eigenvalue weighted by molar-refractivity contribution is 1.07. The zero-order valence-electron chi connectivity index (χ0n) is 49.1. The van der Waals surface area contributed by atoms with Crippen LogP contribution in [0.15, 0.2) is 303 Å². The summed E-state index contributed by atoms with van der Waals surface area (Å²) in [4.78, 5) is 15.4. The highest BCUT2D eigenvalue weighted by Crippen LogP contribution is 2.42. The van der Waals surface area contributed by atoms with Crippen molar-refractivity contribution in [2.24, 2.45) is 0 Å². The van der Waals surface area contributed by atoms with Gasteiger partial charge in [0.15, 0.2) is 17.5 Å². The normalized spacial score (nSPS) is 11.7. The van der Waals surface area contributed by atoms with Crippen molar-refractivity contribution in [3.05, 3.63) is 314 Å². The summed E-state index contributed by atoms with van der Waals surface area (Å²) in [6, 6.07) is 110. The van der Waals surface area contributed by atoms with Gasteiger partial charge in [0.2, 0.25) is 0 Å². The van der Waals surface area contributed by atoms with Gasteiger partial charge in [-0.25, -0.2) is 15.0 Å². The molecule has 0 aliphatic rings. The molecule has 0 amide bonds. The van der Waals surface area contributed by atoms with Crippen molar-refractivity contribution in [1.82, 2.24) is 28.7 Å². The summed E-state index contributed by atoms with van der Waals surface area (Å²) in [5, 5.41) is 7.32. The molecule has 0 unspecified atom stereocenters. The lowest BCUT2D eigenvalue weighted by Gasteiger charge is -2.17.